The fourth-order valence-electron chi connectivity index (χ4n) is 2.24. The van der Waals surface area contributed by atoms with Gasteiger partial charge in [0.25, 0.3) is 0 Å². The fourth-order valence-corrected chi connectivity index (χ4v) is 2.24. The molecule has 0 aliphatic carbocycles. The Balaban J connectivity index is 1.90. The average molecular weight is 296 g/mol. The van der Waals surface area contributed by atoms with Gasteiger partial charge in [-0.3, -0.25) is 9.69 Å². The third-order valence-corrected chi connectivity index (χ3v) is 3.50. The first-order valence-electron chi connectivity index (χ1n) is 7.24. The predicted octanol–water partition coefficient (Wildman–Crippen LogP) is 1.74. The Morgan fingerprint density at radius 1 is 1.52 bits per heavy atom. The molecule has 0 aromatic carbocycles. The van der Waals surface area contributed by atoms with E-state index >= 15 is 0 Å². The van der Waals surface area contributed by atoms with Gasteiger partial charge >= 0.3 is 5.97 Å². The number of oxazole rings is 1. The number of nitrogens with zero attached hydrogens (tertiary/aromatic N) is 2. The first kappa shape index (κ1) is 16.0. The van der Waals surface area contributed by atoms with Crippen molar-refractivity contribution in [3.05, 3.63) is 17.8 Å². The van der Waals surface area contributed by atoms with E-state index in [0.717, 1.165) is 12.3 Å². The summed E-state index contributed by atoms with van der Waals surface area (Å²) in [7, 11) is 1.39. The lowest BCUT2D eigenvalue weighted by atomic mass is 9.94. The third kappa shape index (κ3) is 4.54. The summed E-state index contributed by atoms with van der Waals surface area (Å²) in [5.41, 5.74) is -0.0380. The Kier molecular flexibility index (Phi) is 5.00. The highest BCUT2D eigenvalue weighted by Crippen LogP contribution is 2.23. The largest absolute Gasteiger partial charge is 0.469 e. The molecule has 0 spiro atoms. The third-order valence-electron chi connectivity index (χ3n) is 3.50. The zero-order valence-electron chi connectivity index (χ0n) is 13.2. The Hall–Kier alpha value is -1.40. The maximum atomic E-state index is 11.3. The topological polar surface area (TPSA) is 64.8 Å². The van der Waals surface area contributed by atoms with E-state index in [-0.39, 0.29) is 23.9 Å². The first-order valence-corrected chi connectivity index (χ1v) is 7.24. The van der Waals surface area contributed by atoms with Crippen LogP contribution >= 0.6 is 0 Å². The molecule has 0 saturated carbocycles. The monoisotopic (exact) mass is 296 g/mol. The van der Waals surface area contributed by atoms with Crippen LogP contribution in [0.25, 0.3) is 0 Å². The number of carbonyl (C=O) groups is 1. The van der Waals surface area contributed by atoms with Crippen molar-refractivity contribution >= 4 is 5.97 Å². The molecule has 1 unspecified atom stereocenters. The minimum Gasteiger partial charge on any atom is -0.469 e. The number of morpholine rings is 1. The van der Waals surface area contributed by atoms with Crippen molar-refractivity contribution in [2.24, 2.45) is 0 Å². The van der Waals surface area contributed by atoms with E-state index in [1.165, 1.54) is 7.11 Å². The molecule has 0 amide bonds. The van der Waals surface area contributed by atoms with Crippen molar-refractivity contribution in [1.82, 2.24) is 9.88 Å². The Labute approximate surface area is 125 Å². The van der Waals surface area contributed by atoms with E-state index in [1.54, 1.807) is 6.20 Å². The highest BCUT2D eigenvalue weighted by atomic mass is 16.5. The lowest BCUT2D eigenvalue weighted by molar-refractivity contribution is -0.145. The van der Waals surface area contributed by atoms with Crippen LogP contribution in [0.15, 0.2) is 10.6 Å². The molecule has 6 heteroatoms. The number of aromatic nitrogens is 1. The fraction of sp³-hybridized carbons (Fsp3) is 0.733. The van der Waals surface area contributed by atoms with Crippen LogP contribution in [0.3, 0.4) is 0 Å². The van der Waals surface area contributed by atoms with Crippen LogP contribution in [-0.2, 0) is 26.2 Å². The molecule has 2 rings (SSSR count). The number of esters is 1. The van der Waals surface area contributed by atoms with E-state index in [4.69, 9.17) is 9.15 Å². The molecular weight excluding hydrogens is 272 g/mol. The van der Waals surface area contributed by atoms with Crippen molar-refractivity contribution in [3.8, 4) is 0 Å². The minimum atomic E-state index is -0.243. The lowest BCUT2D eigenvalue weighted by Crippen LogP contribution is -2.42. The molecule has 1 aliphatic rings. The zero-order chi connectivity index (χ0) is 15.5. The summed E-state index contributed by atoms with van der Waals surface area (Å²) in [6.45, 7) is 9.02. The van der Waals surface area contributed by atoms with Crippen molar-refractivity contribution in [1.29, 1.82) is 0 Å². The number of hydrogen-bond donors (Lipinski definition) is 0. The average Bonchev–Trinajstić information content (AvgIpc) is 2.87. The molecule has 21 heavy (non-hydrogen) atoms. The molecule has 1 aromatic heterocycles. The molecule has 1 atom stereocenters. The number of methoxy groups -OCH3 is 1. The van der Waals surface area contributed by atoms with Gasteiger partial charge in [-0.1, -0.05) is 20.8 Å². The molecule has 0 radical (unpaired) electrons. The Bertz CT molecular complexity index is 478. The predicted molar refractivity (Wildman–Crippen MR) is 76.9 cm³/mol. The molecule has 1 saturated heterocycles. The summed E-state index contributed by atoms with van der Waals surface area (Å²) >= 11 is 0. The van der Waals surface area contributed by atoms with Gasteiger partial charge < -0.3 is 13.9 Å². The van der Waals surface area contributed by atoms with Crippen LogP contribution in [0, 0.1) is 0 Å². The van der Waals surface area contributed by atoms with Gasteiger partial charge in [-0.05, 0) is 0 Å². The molecule has 118 valence electrons. The Morgan fingerprint density at radius 2 is 2.29 bits per heavy atom. The van der Waals surface area contributed by atoms with E-state index in [9.17, 15) is 4.79 Å². The summed E-state index contributed by atoms with van der Waals surface area (Å²) in [5.74, 6) is 1.35. The summed E-state index contributed by atoms with van der Waals surface area (Å²) in [6.07, 6.45) is 1.95. The van der Waals surface area contributed by atoms with Crippen molar-refractivity contribution in [2.75, 3.05) is 26.8 Å². The summed E-state index contributed by atoms with van der Waals surface area (Å²) in [5, 5.41) is 0. The lowest BCUT2D eigenvalue weighted by Gasteiger charge is -2.31. The highest BCUT2D eigenvalue weighted by molar-refractivity contribution is 5.69. The van der Waals surface area contributed by atoms with Crippen LogP contribution in [-0.4, -0.2) is 48.8 Å². The van der Waals surface area contributed by atoms with Gasteiger partial charge in [-0.25, -0.2) is 4.98 Å². The summed E-state index contributed by atoms with van der Waals surface area (Å²) < 4.78 is 16.1. The maximum Gasteiger partial charge on any atom is 0.308 e. The van der Waals surface area contributed by atoms with Crippen LogP contribution < -0.4 is 0 Å². The molecule has 1 aromatic rings. The van der Waals surface area contributed by atoms with Gasteiger partial charge in [0.15, 0.2) is 0 Å². The maximum absolute atomic E-state index is 11.3. The van der Waals surface area contributed by atoms with Crippen molar-refractivity contribution in [3.63, 3.8) is 0 Å². The normalized spacial score (nSPS) is 20.5. The van der Waals surface area contributed by atoms with Crippen LogP contribution in [0.5, 0.6) is 0 Å². The molecule has 2 heterocycles. The van der Waals surface area contributed by atoms with E-state index in [1.807, 2.05) is 0 Å². The number of rotatable bonds is 4. The molecule has 6 nitrogen and oxygen atoms in total. The zero-order valence-corrected chi connectivity index (χ0v) is 13.2. The molecule has 1 fully saturated rings. The quantitative estimate of drug-likeness (QED) is 0.789. The van der Waals surface area contributed by atoms with Gasteiger partial charge in [0.1, 0.15) is 5.76 Å². The van der Waals surface area contributed by atoms with Gasteiger partial charge in [0, 0.05) is 18.5 Å². The van der Waals surface area contributed by atoms with E-state index < -0.39 is 0 Å². The van der Waals surface area contributed by atoms with E-state index in [0.29, 0.717) is 25.6 Å². The first-order chi connectivity index (χ1) is 9.88. The molecule has 0 bridgehead atoms. The molecule has 0 N–H and O–H groups in total. The highest BCUT2D eigenvalue weighted by Gasteiger charge is 2.25. The second-order valence-electron chi connectivity index (χ2n) is 6.38. The second kappa shape index (κ2) is 6.58. The van der Waals surface area contributed by atoms with E-state index in [2.05, 4.69) is 35.4 Å². The van der Waals surface area contributed by atoms with Gasteiger partial charge in [0.05, 0.1) is 39.0 Å². The Morgan fingerprint density at radius 3 is 2.90 bits per heavy atom. The SMILES string of the molecule is COC(=O)CC1CN(Cc2ncc(C(C)(C)C)o2)CCO1. The van der Waals surface area contributed by atoms with Crippen LogP contribution in [0.1, 0.15) is 38.8 Å². The second-order valence-corrected chi connectivity index (χ2v) is 6.38. The van der Waals surface area contributed by atoms with Gasteiger partial charge in [0.2, 0.25) is 5.89 Å². The number of hydrogen-bond acceptors (Lipinski definition) is 6. The summed E-state index contributed by atoms with van der Waals surface area (Å²) in [6, 6.07) is 0. The van der Waals surface area contributed by atoms with Gasteiger partial charge in [-0.15, -0.1) is 0 Å². The minimum absolute atomic E-state index is 0.0380. The van der Waals surface area contributed by atoms with Crippen LogP contribution in [0.4, 0.5) is 0 Å². The number of carbonyl (C=O) groups excluding carboxylic acids is 1. The van der Waals surface area contributed by atoms with Crippen LogP contribution in [0.2, 0.25) is 0 Å². The van der Waals surface area contributed by atoms with Gasteiger partial charge in [-0.2, -0.15) is 0 Å². The smallest absolute Gasteiger partial charge is 0.308 e. The molecule has 1 aliphatic heterocycles. The standard InChI is InChI=1S/C15H24N2O4/c1-15(2,3)12-8-16-13(21-12)10-17-5-6-20-11(9-17)7-14(18)19-4/h8,11H,5-7,9-10H2,1-4H3. The number of ether oxygens (including phenoxy) is 2. The van der Waals surface area contributed by atoms with Crippen molar-refractivity contribution in [2.45, 2.75) is 45.3 Å². The molecular formula is C15H24N2O4. The van der Waals surface area contributed by atoms with Crippen molar-refractivity contribution < 1.29 is 18.7 Å². The summed E-state index contributed by atoms with van der Waals surface area (Å²) in [4.78, 5) is 17.8.